The summed E-state index contributed by atoms with van der Waals surface area (Å²) in [6.45, 7) is 3.95. The minimum atomic E-state index is -1.18. The van der Waals surface area contributed by atoms with Gasteiger partial charge in [-0.15, -0.1) is 0 Å². The quantitative estimate of drug-likeness (QED) is 0.504. The van der Waals surface area contributed by atoms with Crippen LogP contribution in [-0.2, 0) is 4.74 Å². The summed E-state index contributed by atoms with van der Waals surface area (Å²) >= 11 is 1.63. The van der Waals surface area contributed by atoms with Crippen molar-refractivity contribution < 1.29 is 20.1 Å². The lowest BCUT2D eigenvalue weighted by atomic mass is 10.1. The van der Waals surface area contributed by atoms with Crippen molar-refractivity contribution in [1.82, 2.24) is 13.9 Å². The Hall–Kier alpha value is -1.17. The number of aliphatic hydroxyl groups excluding tert-OH is 3. The number of imidazole rings is 1. The predicted octanol–water partition coefficient (Wildman–Crippen LogP) is 0.654. The Kier molecular flexibility index (Phi) is 6.21. The van der Waals surface area contributed by atoms with Gasteiger partial charge in [0, 0.05) is 5.25 Å². The lowest BCUT2D eigenvalue weighted by molar-refractivity contribution is -0.0520. The molecule has 2 aliphatic heterocycles. The molecule has 1 saturated heterocycles. The van der Waals surface area contributed by atoms with Crippen molar-refractivity contribution in [3.63, 3.8) is 0 Å². The van der Waals surface area contributed by atoms with Crippen LogP contribution in [0.2, 0.25) is 0 Å². The van der Waals surface area contributed by atoms with Crippen molar-refractivity contribution in [2.45, 2.75) is 69.1 Å². The molecule has 0 amide bonds. The molecule has 26 heavy (non-hydrogen) atoms. The number of fused-ring (bicyclic) bond motifs is 1. The van der Waals surface area contributed by atoms with Gasteiger partial charge in [-0.25, -0.2) is 9.98 Å². The first-order valence-electron chi connectivity index (χ1n) is 8.92. The molecule has 146 valence electrons. The van der Waals surface area contributed by atoms with Crippen LogP contribution in [0.3, 0.4) is 0 Å². The lowest BCUT2D eigenvalue weighted by Crippen LogP contribution is -2.33. The monoisotopic (exact) mass is 385 g/mol. The summed E-state index contributed by atoms with van der Waals surface area (Å²) in [4.78, 5) is 8.78. The van der Waals surface area contributed by atoms with Crippen LogP contribution in [0.25, 0.3) is 0 Å². The molecule has 0 aromatic carbocycles. The van der Waals surface area contributed by atoms with E-state index in [1.807, 2.05) is 4.31 Å². The number of aromatic nitrogens is 2. The maximum Gasteiger partial charge on any atom is 0.165 e. The maximum absolute atomic E-state index is 10.2. The predicted molar refractivity (Wildman–Crippen MR) is 98.7 cm³/mol. The first-order valence-corrected chi connectivity index (χ1v) is 9.75. The molecule has 0 bridgehead atoms. The third kappa shape index (κ3) is 3.62. The third-order valence-corrected chi connectivity index (χ3v) is 5.86. The summed E-state index contributed by atoms with van der Waals surface area (Å²) in [6, 6.07) is 0. The summed E-state index contributed by atoms with van der Waals surface area (Å²) in [5, 5.41) is 29.8. The van der Waals surface area contributed by atoms with E-state index in [2.05, 4.69) is 23.8 Å². The molecule has 9 nitrogen and oxygen atoms in total. The normalized spacial score (nSPS) is 32.1. The number of aliphatic hydroxyl groups is 3. The molecule has 2 aliphatic rings. The summed E-state index contributed by atoms with van der Waals surface area (Å²) in [5.41, 5.74) is 6.92. The van der Waals surface area contributed by atoms with Crippen molar-refractivity contribution in [3.8, 4) is 0 Å². The van der Waals surface area contributed by atoms with Gasteiger partial charge in [0.25, 0.3) is 0 Å². The summed E-state index contributed by atoms with van der Waals surface area (Å²) in [6.07, 6.45) is 2.05. The van der Waals surface area contributed by atoms with Crippen molar-refractivity contribution in [2.75, 3.05) is 6.61 Å². The molecule has 0 saturated carbocycles. The highest BCUT2D eigenvalue weighted by atomic mass is 32.2. The highest BCUT2D eigenvalue weighted by Crippen LogP contribution is 2.39. The number of rotatable bonds is 7. The molecule has 1 aromatic heterocycles. The Morgan fingerprint density at radius 3 is 2.81 bits per heavy atom. The fourth-order valence-corrected chi connectivity index (χ4v) is 4.18. The number of hydrogen-bond acceptors (Lipinski definition) is 9. The first kappa shape index (κ1) is 19.6. The second kappa shape index (κ2) is 8.24. The molecule has 5 N–H and O–H groups in total. The van der Waals surface area contributed by atoms with Gasteiger partial charge in [-0.1, -0.05) is 26.7 Å². The number of ether oxygens (including phenoxy) is 1. The van der Waals surface area contributed by atoms with Crippen molar-refractivity contribution in [2.24, 2.45) is 10.7 Å². The van der Waals surface area contributed by atoms with Crippen molar-refractivity contribution in [1.29, 1.82) is 0 Å². The molecule has 0 radical (unpaired) electrons. The van der Waals surface area contributed by atoms with E-state index < -0.39 is 30.7 Å². The molecule has 0 spiro atoms. The van der Waals surface area contributed by atoms with Crippen molar-refractivity contribution >= 4 is 24.1 Å². The number of unbranched alkanes of at least 4 members (excludes halogenated alkanes) is 1. The van der Waals surface area contributed by atoms with Crippen molar-refractivity contribution in [3.05, 3.63) is 12.0 Å². The Labute approximate surface area is 157 Å². The number of nitrogens with two attached hydrogens (primary N) is 1. The van der Waals surface area contributed by atoms with Crippen LogP contribution >= 0.6 is 11.9 Å². The van der Waals surface area contributed by atoms with Gasteiger partial charge in [-0.3, -0.25) is 8.87 Å². The van der Waals surface area contributed by atoms with Gasteiger partial charge >= 0.3 is 0 Å². The maximum atomic E-state index is 10.2. The van der Waals surface area contributed by atoms with Gasteiger partial charge in [0.2, 0.25) is 0 Å². The average Bonchev–Trinajstić information content (AvgIpc) is 3.18. The molecule has 3 rings (SSSR count). The van der Waals surface area contributed by atoms with E-state index in [1.165, 1.54) is 12.7 Å². The summed E-state index contributed by atoms with van der Waals surface area (Å²) in [5.74, 6) is 0.491. The Morgan fingerprint density at radius 1 is 1.38 bits per heavy atom. The molecule has 1 fully saturated rings. The zero-order valence-corrected chi connectivity index (χ0v) is 15.8. The molecule has 1 aromatic rings. The molecular weight excluding hydrogens is 358 g/mol. The largest absolute Gasteiger partial charge is 0.394 e. The fraction of sp³-hybridized carbons (Fsp3) is 0.750. The zero-order chi connectivity index (χ0) is 18.8. The minimum absolute atomic E-state index is 0.380. The second-order valence-corrected chi connectivity index (χ2v) is 8.13. The van der Waals surface area contributed by atoms with Crippen LogP contribution in [-0.4, -0.2) is 65.7 Å². The van der Waals surface area contributed by atoms with Crippen LogP contribution in [0.1, 0.15) is 51.2 Å². The molecule has 10 heteroatoms. The Morgan fingerprint density at radius 2 is 2.15 bits per heavy atom. The van der Waals surface area contributed by atoms with E-state index in [-0.39, 0.29) is 6.61 Å². The van der Waals surface area contributed by atoms with Gasteiger partial charge in [-0.2, -0.15) is 0 Å². The SMILES string of the molecule is CCCCC(C)SN1C=Nc2c(ncn2[C@@H]2O[C@H](CO)C(O)C2O)C1N. The highest BCUT2D eigenvalue weighted by Gasteiger charge is 2.44. The van der Waals surface area contributed by atoms with E-state index in [0.29, 0.717) is 16.8 Å². The molecule has 4 unspecified atom stereocenters. The zero-order valence-electron chi connectivity index (χ0n) is 15.0. The second-order valence-electron chi connectivity index (χ2n) is 6.70. The number of hydrogen-bond donors (Lipinski definition) is 4. The Balaban J connectivity index is 1.75. The van der Waals surface area contributed by atoms with Crippen LogP contribution in [0.4, 0.5) is 5.82 Å². The highest BCUT2D eigenvalue weighted by molar-refractivity contribution is 7.98. The van der Waals surface area contributed by atoms with E-state index in [4.69, 9.17) is 10.5 Å². The average molecular weight is 385 g/mol. The van der Waals surface area contributed by atoms with Gasteiger partial charge in [-0.05, 0) is 18.4 Å². The van der Waals surface area contributed by atoms with Crippen LogP contribution in [0.15, 0.2) is 11.3 Å². The molecule has 3 heterocycles. The summed E-state index contributed by atoms with van der Waals surface area (Å²) < 4.78 is 9.00. The van der Waals surface area contributed by atoms with E-state index >= 15 is 0 Å². The first-order chi connectivity index (χ1) is 12.5. The van der Waals surface area contributed by atoms with E-state index in [1.54, 1.807) is 22.9 Å². The van der Waals surface area contributed by atoms with Crippen LogP contribution in [0, 0.1) is 0 Å². The fourth-order valence-electron chi connectivity index (χ4n) is 3.16. The Bertz CT molecular complexity index is 642. The third-order valence-electron chi connectivity index (χ3n) is 4.70. The summed E-state index contributed by atoms with van der Waals surface area (Å²) in [7, 11) is 0. The van der Waals surface area contributed by atoms with Gasteiger partial charge in [0.05, 0.1) is 12.9 Å². The standard InChI is InChI=1S/C16H27N5O4S/c1-3-4-5-9(2)26-21-8-19-15-11(14(21)17)18-7-20(15)16-13(24)12(23)10(6-22)25-16/h7-10,12-14,16,22-24H,3-6,17H2,1-2H3/t9?,10-,12?,13?,14?,16-/m1/s1. The van der Waals surface area contributed by atoms with E-state index in [0.717, 1.165) is 12.8 Å². The van der Waals surface area contributed by atoms with Crippen LogP contribution < -0.4 is 5.73 Å². The number of nitrogens with zero attached hydrogens (tertiary/aromatic N) is 4. The molecule has 0 aliphatic carbocycles. The van der Waals surface area contributed by atoms with Gasteiger partial charge in [0.15, 0.2) is 12.0 Å². The molecular formula is C16H27N5O4S. The minimum Gasteiger partial charge on any atom is -0.394 e. The van der Waals surface area contributed by atoms with Gasteiger partial charge < -0.3 is 25.8 Å². The van der Waals surface area contributed by atoms with Gasteiger partial charge in [0.1, 0.15) is 36.5 Å². The smallest absolute Gasteiger partial charge is 0.165 e. The lowest BCUT2D eigenvalue weighted by Gasteiger charge is -2.30. The van der Waals surface area contributed by atoms with E-state index in [9.17, 15) is 15.3 Å². The topological polar surface area (TPSA) is 129 Å². The number of aliphatic imine (C=N–C) groups is 1. The molecule has 6 atom stereocenters. The van der Waals surface area contributed by atoms with Crippen LogP contribution in [0.5, 0.6) is 0 Å².